The molecule has 76 heavy (non-hydrogen) atoms. The molecule has 10 rings (SSSR count). The van der Waals surface area contributed by atoms with Crippen molar-refractivity contribution in [3.8, 4) is 59.6 Å². The molecule has 3 aromatic carbocycles. The zero-order chi connectivity index (χ0) is 53.9. The average molecular weight is 1040 g/mol. The number of nitriles is 1. The van der Waals surface area contributed by atoms with E-state index in [0.29, 0.717) is 5.56 Å². The Kier molecular flexibility index (Phi) is 14.0. The summed E-state index contributed by atoms with van der Waals surface area (Å²) in [6, 6.07) is 42.6. The largest absolute Gasteiger partial charge is 0.354 e. The molecule has 5 aromatic heterocycles. The molecule has 2 aliphatic heterocycles. The molecule has 0 radical (unpaired) electrons. The van der Waals surface area contributed by atoms with E-state index in [0.717, 1.165) is 95.1 Å². The van der Waals surface area contributed by atoms with Crippen LogP contribution < -0.4 is 0 Å². The van der Waals surface area contributed by atoms with Gasteiger partial charge in [0, 0.05) is 63.8 Å². The lowest BCUT2D eigenvalue weighted by Crippen LogP contribution is -2.16. The van der Waals surface area contributed by atoms with Crippen molar-refractivity contribution in [3.63, 3.8) is 0 Å². The molecule has 2 N–H and O–H groups in total. The predicted molar refractivity (Wildman–Crippen MR) is 329 cm³/mol. The first-order chi connectivity index (χ1) is 36.0. The first-order valence-electron chi connectivity index (χ1n) is 27.2. The van der Waals surface area contributed by atoms with Crippen molar-refractivity contribution in [2.75, 3.05) is 0 Å². The third-order valence-electron chi connectivity index (χ3n) is 15.0. The minimum absolute atomic E-state index is 0.0993. The van der Waals surface area contributed by atoms with Gasteiger partial charge in [-0.1, -0.05) is 158 Å². The third kappa shape index (κ3) is 10.8. The number of thiophene rings is 2. The summed E-state index contributed by atoms with van der Waals surface area (Å²) in [5, 5.41) is 9.91. The standard InChI is InChI=1S/C69H73N5S2/c1-14-15-16-17-18-50-23-32-59(75-50)60-33-34-61(76-60)65-57-30-28-55(73-57)63(44-35-46(66(2,3)4)39-47(36-44)67(5,6)7)53-26-24-51(71-53)62(43-21-19-42(41-70)20-22-43)52-25-27-54(72-52)64(56-29-31-58(65)74-56)45-37-48(68(8,9)10)40-49(38-45)69(11,12)13/h19-40,71,74H,14-18H2,1-13H3. The van der Waals surface area contributed by atoms with Gasteiger partial charge >= 0.3 is 0 Å². The molecule has 8 aromatic rings. The highest BCUT2D eigenvalue weighted by Crippen LogP contribution is 2.45. The number of H-pyrrole nitrogens is 2. The Morgan fingerprint density at radius 2 is 0.816 bits per heavy atom. The summed E-state index contributed by atoms with van der Waals surface area (Å²) in [6.07, 6.45) is 15.0. The molecule has 7 heteroatoms. The number of fused-ring (bicyclic) bond motifs is 8. The molecule has 7 heterocycles. The zero-order valence-corrected chi connectivity index (χ0v) is 48.5. The van der Waals surface area contributed by atoms with Crippen molar-refractivity contribution < 1.29 is 0 Å². The summed E-state index contributed by atoms with van der Waals surface area (Å²) in [6.45, 7) is 29.9. The number of hydrogen-bond acceptors (Lipinski definition) is 5. The minimum atomic E-state index is -0.0993. The molecule has 5 nitrogen and oxygen atoms in total. The van der Waals surface area contributed by atoms with Gasteiger partial charge in [0.15, 0.2) is 0 Å². The Morgan fingerprint density at radius 1 is 0.421 bits per heavy atom. The van der Waals surface area contributed by atoms with Crippen molar-refractivity contribution >= 4 is 69.0 Å². The van der Waals surface area contributed by atoms with Crippen LogP contribution in [0, 0.1) is 11.3 Å². The molecular weight excluding hydrogens is 963 g/mol. The van der Waals surface area contributed by atoms with E-state index in [1.54, 1.807) is 0 Å². The molecule has 0 atom stereocenters. The normalized spacial score (nSPS) is 12.9. The third-order valence-corrected chi connectivity index (χ3v) is 17.4. The summed E-state index contributed by atoms with van der Waals surface area (Å²) >= 11 is 3.77. The maximum atomic E-state index is 9.91. The molecule has 0 spiro atoms. The van der Waals surface area contributed by atoms with Gasteiger partial charge in [0.2, 0.25) is 0 Å². The number of aryl methyl sites for hydroxylation is 1. The van der Waals surface area contributed by atoms with E-state index in [1.165, 1.54) is 62.6 Å². The van der Waals surface area contributed by atoms with Crippen LogP contribution in [-0.2, 0) is 28.1 Å². The molecule has 386 valence electrons. The fraction of sp³-hybridized carbons (Fsp3) is 0.319. The van der Waals surface area contributed by atoms with Crippen LogP contribution in [0.2, 0.25) is 0 Å². The molecule has 0 saturated heterocycles. The SMILES string of the molecule is CCCCCCc1ccc(-c2ccc(-c3c4nc(c(-c5cc(C(C)(C)C)cc(C(C)(C)C)c5)c5ccc([nH]5)c(-c5ccc(C#N)cc5)c5nc(c(-c6cc(C(C)(C)C)cc(C(C)(C)C)c6)c6ccc3[nH]6)C=C5)C=C4)s2)s1. The van der Waals surface area contributed by atoms with E-state index in [9.17, 15) is 5.26 Å². The quantitative estimate of drug-likeness (QED) is 0.134. The second-order valence-corrected chi connectivity index (χ2v) is 27.3. The van der Waals surface area contributed by atoms with E-state index in [4.69, 9.17) is 9.97 Å². The summed E-state index contributed by atoms with van der Waals surface area (Å²) in [5.41, 5.74) is 19.9. The summed E-state index contributed by atoms with van der Waals surface area (Å²) < 4.78 is 0. The topological polar surface area (TPSA) is 81.2 Å². The highest BCUT2D eigenvalue weighted by Gasteiger charge is 2.26. The molecule has 0 amide bonds. The van der Waals surface area contributed by atoms with Crippen LogP contribution in [0.25, 0.3) is 99.9 Å². The van der Waals surface area contributed by atoms with Gasteiger partial charge < -0.3 is 9.97 Å². The Balaban J connectivity index is 1.33. The maximum Gasteiger partial charge on any atom is 0.0991 e. The van der Waals surface area contributed by atoms with Gasteiger partial charge in [-0.2, -0.15) is 5.26 Å². The van der Waals surface area contributed by atoms with Crippen LogP contribution in [0.4, 0.5) is 0 Å². The lowest BCUT2D eigenvalue weighted by atomic mass is 9.78. The average Bonchev–Trinajstić information content (AvgIpc) is 4.24. The Bertz CT molecular complexity index is 3650. The molecule has 8 bridgehead atoms. The first kappa shape index (κ1) is 52.6. The van der Waals surface area contributed by atoms with Gasteiger partial charge in [-0.25, -0.2) is 9.97 Å². The second-order valence-electron chi connectivity index (χ2n) is 25.0. The van der Waals surface area contributed by atoms with Gasteiger partial charge in [0.05, 0.1) is 34.4 Å². The van der Waals surface area contributed by atoms with E-state index >= 15 is 0 Å². The smallest absolute Gasteiger partial charge is 0.0991 e. The molecular formula is C69H73N5S2. The number of aromatic nitrogens is 4. The summed E-state index contributed by atoms with van der Waals surface area (Å²) in [7, 11) is 0. The Labute approximate surface area is 459 Å². The predicted octanol–water partition coefficient (Wildman–Crippen LogP) is 20.3. The van der Waals surface area contributed by atoms with E-state index in [2.05, 4.69) is 215 Å². The Hall–Kier alpha value is -6.85. The van der Waals surface area contributed by atoms with Crippen molar-refractivity contribution in [3.05, 3.63) is 165 Å². The lowest BCUT2D eigenvalue weighted by Gasteiger charge is -2.26. The summed E-state index contributed by atoms with van der Waals surface area (Å²) in [5.74, 6) is 0. The lowest BCUT2D eigenvalue weighted by molar-refractivity contribution is 0.568. The van der Waals surface area contributed by atoms with Crippen LogP contribution in [0.3, 0.4) is 0 Å². The fourth-order valence-electron chi connectivity index (χ4n) is 10.3. The number of nitrogens with zero attached hydrogens (tertiary/aromatic N) is 3. The number of rotatable bonds is 10. The minimum Gasteiger partial charge on any atom is -0.354 e. The molecule has 0 fully saturated rings. The van der Waals surface area contributed by atoms with Crippen LogP contribution >= 0.6 is 22.7 Å². The van der Waals surface area contributed by atoms with Crippen LogP contribution in [0.5, 0.6) is 0 Å². The number of nitrogens with one attached hydrogen (secondary N) is 2. The van der Waals surface area contributed by atoms with Gasteiger partial charge in [-0.05, 0) is 158 Å². The highest BCUT2D eigenvalue weighted by atomic mass is 32.1. The number of hydrogen-bond donors (Lipinski definition) is 2. The highest BCUT2D eigenvalue weighted by molar-refractivity contribution is 7.24. The van der Waals surface area contributed by atoms with Crippen LogP contribution in [0.15, 0.2) is 109 Å². The molecule has 0 aliphatic carbocycles. The number of aromatic amines is 2. The van der Waals surface area contributed by atoms with Gasteiger partial charge in [-0.15, -0.1) is 22.7 Å². The van der Waals surface area contributed by atoms with Crippen LogP contribution in [-0.4, -0.2) is 19.9 Å². The maximum absolute atomic E-state index is 9.91. The molecule has 2 aliphatic rings. The van der Waals surface area contributed by atoms with Crippen molar-refractivity contribution in [1.82, 2.24) is 19.9 Å². The summed E-state index contributed by atoms with van der Waals surface area (Å²) in [4.78, 5) is 24.6. The monoisotopic (exact) mass is 1040 g/mol. The van der Waals surface area contributed by atoms with Gasteiger partial charge in [0.25, 0.3) is 0 Å². The van der Waals surface area contributed by atoms with Crippen molar-refractivity contribution in [2.45, 2.75) is 144 Å². The second kappa shape index (κ2) is 20.3. The molecule has 0 saturated carbocycles. The Morgan fingerprint density at radius 3 is 1.25 bits per heavy atom. The van der Waals surface area contributed by atoms with Gasteiger partial charge in [0.1, 0.15) is 0 Å². The van der Waals surface area contributed by atoms with Crippen molar-refractivity contribution in [2.24, 2.45) is 0 Å². The molecule has 0 unspecified atom stereocenters. The van der Waals surface area contributed by atoms with E-state index in [1.807, 2.05) is 46.9 Å². The van der Waals surface area contributed by atoms with Gasteiger partial charge in [-0.3, -0.25) is 0 Å². The van der Waals surface area contributed by atoms with Crippen LogP contribution in [0.1, 0.15) is 171 Å². The van der Waals surface area contributed by atoms with E-state index < -0.39 is 0 Å². The zero-order valence-electron chi connectivity index (χ0n) is 46.9. The number of unbranched alkanes of at least 4 members (excludes halogenated alkanes) is 3. The fourth-order valence-corrected chi connectivity index (χ4v) is 12.6. The number of benzene rings is 3. The van der Waals surface area contributed by atoms with E-state index in [-0.39, 0.29) is 21.7 Å². The first-order valence-corrected chi connectivity index (χ1v) is 28.9. The van der Waals surface area contributed by atoms with Crippen molar-refractivity contribution in [1.29, 1.82) is 5.26 Å².